The van der Waals surface area contributed by atoms with Gasteiger partial charge >= 0.3 is 5.97 Å². The van der Waals surface area contributed by atoms with E-state index in [0.717, 1.165) is 48.3 Å². The van der Waals surface area contributed by atoms with Gasteiger partial charge in [0.15, 0.2) is 11.8 Å². The van der Waals surface area contributed by atoms with E-state index in [9.17, 15) is 9.59 Å². The van der Waals surface area contributed by atoms with Crippen LogP contribution in [0.25, 0.3) is 0 Å². The zero-order chi connectivity index (χ0) is 24.5. The molecule has 5 heteroatoms. The number of para-hydroxylation sites is 1. The average Bonchev–Trinajstić information content (AvgIpc) is 3.34. The zero-order valence-electron chi connectivity index (χ0n) is 20.7. The van der Waals surface area contributed by atoms with E-state index in [2.05, 4.69) is 18.3 Å². The van der Waals surface area contributed by atoms with Crippen molar-refractivity contribution in [2.75, 3.05) is 5.32 Å². The smallest absolute Gasteiger partial charge is 0.333 e. The number of rotatable bonds is 11. The van der Waals surface area contributed by atoms with E-state index in [0.29, 0.717) is 17.6 Å². The van der Waals surface area contributed by atoms with Crippen LogP contribution in [0.2, 0.25) is 0 Å². The minimum atomic E-state index is -0.576. The largest absolute Gasteiger partial charge is 0.460 e. The maximum absolute atomic E-state index is 13.6. The second kappa shape index (κ2) is 13.0. The van der Waals surface area contributed by atoms with Gasteiger partial charge in [0.1, 0.15) is 6.10 Å². The Kier molecular flexibility index (Phi) is 9.47. The molecule has 0 amide bonds. The molecule has 1 fully saturated rings. The van der Waals surface area contributed by atoms with Crippen molar-refractivity contribution in [3.05, 3.63) is 77.2 Å². The molecule has 0 radical (unpaired) electrons. The number of carbonyl (C=O) groups is 2. The number of anilines is 1. The number of ketones is 1. The normalized spacial score (nSPS) is 20.0. The van der Waals surface area contributed by atoms with E-state index in [1.807, 2.05) is 60.7 Å². The fourth-order valence-corrected chi connectivity index (χ4v) is 6.14. The number of Topliss-reactive ketones (excluding diaryl/α,β-unsaturated/α-hetero) is 1. The quantitative estimate of drug-likeness (QED) is 0.330. The first kappa shape index (κ1) is 25.6. The van der Waals surface area contributed by atoms with Crippen LogP contribution in [0.1, 0.15) is 76.3 Å². The van der Waals surface area contributed by atoms with Gasteiger partial charge in [0, 0.05) is 22.3 Å². The molecule has 35 heavy (non-hydrogen) atoms. The molecular weight excluding hydrogens is 454 g/mol. The molecule has 0 aromatic heterocycles. The molecule has 1 heterocycles. The lowest BCUT2D eigenvalue weighted by Crippen LogP contribution is -2.33. The van der Waals surface area contributed by atoms with E-state index in [1.165, 1.54) is 19.3 Å². The van der Waals surface area contributed by atoms with Gasteiger partial charge in [0.05, 0.1) is 0 Å². The highest BCUT2D eigenvalue weighted by atomic mass is 32.2. The van der Waals surface area contributed by atoms with Gasteiger partial charge < -0.3 is 10.1 Å². The highest BCUT2D eigenvalue weighted by Crippen LogP contribution is 2.35. The van der Waals surface area contributed by atoms with Gasteiger partial charge in [-0.15, -0.1) is 11.8 Å². The Balaban J connectivity index is 1.43. The van der Waals surface area contributed by atoms with Crippen molar-refractivity contribution in [2.24, 2.45) is 5.92 Å². The van der Waals surface area contributed by atoms with E-state index in [1.54, 1.807) is 11.8 Å². The lowest BCUT2D eigenvalue weighted by atomic mass is 9.83. The molecule has 4 nitrogen and oxygen atoms in total. The Morgan fingerprint density at radius 1 is 1.00 bits per heavy atom. The molecule has 1 aliphatic heterocycles. The van der Waals surface area contributed by atoms with Gasteiger partial charge in [-0.1, -0.05) is 80.8 Å². The number of allylic oxidation sites excluding steroid dienone is 2. The first-order valence-electron chi connectivity index (χ1n) is 13.1. The van der Waals surface area contributed by atoms with Crippen LogP contribution in [0, 0.1) is 5.92 Å². The van der Waals surface area contributed by atoms with Gasteiger partial charge in [0.25, 0.3) is 0 Å². The molecular formula is C30H37NO3S. The van der Waals surface area contributed by atoms with Crippen LogP contribution in [0.3, 0.4) is 0 Å². The molecule has 1 aliphatic carbocycles. The number of hydrogen-bond acceptors (Lipinski definition) is 5. The fourth-order valence-electron chi connectivity index (χ4n) is 5.09. The summed E-state index contributed by atoms with van der Waals surface area (Å²) < 4.78 is 6.27. The van der Waals surface area contributed by atoms with Crippen LogP contribution in [-0.4, -0.2) is 23.1 Å². The van der Waals surface area contributed by atoms with Crippen molar-refractivity contribution in [1.82, 2.24) is 0 Å². The summed E-state index contributed by atoms with van der Waals surface area (Å²) in [6.07, 6.45) is 10.7. The first-order valence-corrected chi connectivity index (χ1v) is 13.9. The van der Waals surface area contributed by atoms with Crippen LogP contribution < -0.4 is 5.32 Å². The summed E-state index contributed by atoms with van der Waals surface area (Å²) in [6.45, 7) is 2.16. The third kappa shape index (κ3) is 7.47. The van der Waals surface area contributed by atoms with Crippen LogP contribution in [0.5, 0.6) is 0 Å². The van der Waals surface area contributed by atoms with Crippen LogP contribution >= 0.6 is 11.8 Å². The summed E-state index contributed by atoms with van der Waals surface area (Å²) in [4.78, 5) is 27.2. The molecule has 186 valence electrons. The van der Waals surface area contributed by atoms with Gasteiger partial charge in [-0.2, -0.15) is 0 Å². The summed E-state index contributed by atoms with van der Waals surface area (Å²) in [5.41, 5.74) is 1.77. The summed E-state index contributed by atoms with van der Waals surface area (Å²) in [5, 5.41) is 3.88. The maximum Gasteiger partial charge on any atom is 0.333 e. The van der Waals surface area contributed by atoms with Crippen LogP contribution in [-0.2, 0) is 14.3 Å². The van der Waals surface area contributed by atoms with Crippen molar-refractivity contribution in [3.63, 3.8) is 0 Å². The number of nitrogens with one attached hydrogen (secondary N) is 1. The standard InChI is InChI=1S/C30H37NO3S/c1-22-20-21-28(35-22)26(32)18-11-19-27(23-12-5-2-6-13-23)34-30(33)29(24-14-7-3-8-15-24)31-25-16-9-4-10-17-25/h3-4,7-10,14-17,21-23,27,29,31H,2,5-6,11-13,18-20H2,1H3/t22?,27-,29+/m0/s1. The third-order valence-corrected chi connectivity index (χ3v) is 8.27. The Labute approximate surface area is 213 Å². The van der Waals surface area contributed by atoms with Gasteiger partial charge in [0.2, 0.25) is 0 Å². The molecule has 1 unspecified atom stereocenters. The fraction of sp³-hybridized carbons (Fsp3) is 0.467. The SMILES string of the molecule is CC1CC=C(C(=O)CCC[C@H](OC(=O)[C@H](Nc2ccccc2)c2ccccc2)C2CCCCC2)S1. The topological polar surface area (TPSA) is 55.4 Å². The van der Waals surface area contributed by atoms with E-state index >= 15 is 0 Å². The minimum Gasteiger partial charge on any atom is -0.460 e. The molecule has 1 N–H and O–H groups in total. The molecule has 0 spiro atoms. The average molecular weight is 492 g/mol. The second-order valence-corrected chi connectivity index (χ2v) is 11.3. The Morgan fingerprint density at radius 3 is 2.34 bits per heavy atom. The molecule has 3 atom stereocenters. The Morgan fingerprint density at radius 2 is 1.69 bits per heavy atom. The van der Waals surface area contributed by atoms with Crippen molar-refractivity contribution >= 4 is 29.2 Å². The molecule has 4 rings (SSSR count). The molecule has 1 saturated carbocycles. The highest BCUT2D eigenvalue weighted by molar-refractivity contribution is 8.04. The zero-order valence-corrected chi connectivity index (χ0v) is 21.5. The number of thioether (sulfide) groups is 1. The molecule has 2 aromatic carbocycles. The lowest BCUT2D eigenvalue weighted by molar-refractivity contribution is -0.154. The summed E-state index contributed by atoms with van der Waals surface area (Å²) in [5.74, 6) is 0.363. The van der Waals surface area contributed by atoms with Crippen molar-refractivity contribution in [3.8, 4) is 0 Å². The van der Waals surface area contributed by atoms with E-state index in [-0.39, 0.29) is 17.9 Å². The van der Waals surface area contributed by atoms with Crippen molar-refractivity contribution in [2.45, 2.75) is 82.1 Å². The second-order valence-electron chi connectivity index (χ2n) is 9.78. The van der Waals surface area contributed by atoms with Gasteiger partial charge in [-0.25, -0.2) is 4.79 Å². The lowest BCUT2D eigenvalue weighted by Gasteiger charge is -2.31. The summed E-state index contributed by atoms with van der Waals surface area (Å²) in [6, 6.07) is 19.0. The monoisotopic (exact) mass is 491 g/mol. The maximum atomic E-state index is 13.6. The number of carbonyl (C=O) groups excluding carboxylic acids is 2. The molecule has 0 bridgehead atoms. The Bertz CT molecular complexity index is 985. The summed E-state index contributed by atoms with van der Waals surface area (Å²) >= 11 is 1.69. The molecule has 0 saturated heterocycles. The van der Waals surface area contributed by atoms with E-state index in [4.69, 9.17) is 4.74 Å². The van der Waals surface area contributed by atoms with Crippen LogP contribution in [0.4, 0.5) is 5.69 Å². The van der Waals surface area contributed by atoms with Crippen molar-refractivity contribution < 1.29 is 14.3 Å². The van der Waals surface area contributed by atoms with Crippen molar-refractivity contribution in [1.29, 1.82) is 0 Å². The van der Waals surface area contributed by atoms with Crippen LogP contribution in [0.15, 0.2) is 71.6 Å². The van der Waals surface area contributed by atoms with Gasteiger partial charge in [-0.05, 0) is 55.7 Å². The molecule has 2 aromatic rings. The highest BCUT2D eigenvalue weighted by Gasteiger charge is 2.31. The number of ether oxygens (including phenoxy) is 1. The third-order valence-electron chi connectivity index (χ3n) is 7.03. The first-order chi connectivity index (χ1) is 17.1. The van der Waals surface area contributed by atoms with E-state index < -0.39 is 6.04 Å². The van der Waals surface area contributed by atoms with Gasteiger partial charge in [-0.3, -0.25) is 4.79 Å². The number of esters is 1. The minimum absolute atomic E-state index is 0.150. The Hall–Kier alpha value is -2.53. The number of hydrogen-bond donors (Lipinski definition) is 1. The predicted molar refractivity (Wildman–Crippen MR) is 144 cm³/mol. The number of benzene rings is 2. The molecule has 2 aliphatic rings. The summed E-state index contributed by atoms with van der Waals surface area (Å²) in [7, 11) is 0. The predicted octanol–water partition coefficient (Wildman–Crippen LogP) is 7.48.